The van der Waals surface area contributed by atoms with Crippen LogP contribution in [0.2, 0.25) is 0 Å². The summed E-state index contributed by atoms with van der Waals surface area (Å²) >= 11 is 6.56. The topological polar surface area (TPSA) is 26.9 Å². The second kappa shape index (κ2) is 5.04. The first-order valence-electron chi connectivity index (χ1n) is 6.64. The number of benzene rings is 1. The number of aryl methyl sites for hydroxylation is 2. The standard InChI is InChI=1S/C15H21ClN2O/c1-9(2)10(3)14(16)11-6-7-12-13(8-11)18(5)15(19)17(12)4/h6-10,14H,1-5H3. The van der Waals surface area contributed by atoms with E-state index in [0.29, 0.717) is 11.8 Å². The van der Waals surface area contributed by atoms with Crippen LogP contribution in [0.15, 0.2) is 23.0 Å². The van der Waals surface area contributed by atoms with Crippen LogP contribution < -0.4 is 5.69 Å². The Balaban J connectivity index is 2.53. The molecule has 0 bridgehead atoms. The maximum absolute atomic E-state index is 11.9. The van der Waals surface area contributed by atoms with Crippen LogP contribution in [0.3, 0.4) is 0 Å². The molecule has 4 heteroatoms. The zero-order chi connectivity index (χ0) is 14.3. The molecule has 2 atom stereocenters. The Kier molecular flexibility index (Phi) is 3.77. The first-order chi connectivity index (χ1) is 8.84. The number of rotatable bonds is 3. The number of hydrogen-bond acceptors (Lipinski definition) is 1. The van der Waals surface area contributed by atoms with E-state index in [4.69, 9.17) is 11.6 Å². The molecule has 0 saturated carbocycles. The fourth-order valence-corrected chi connectivity index (χ4v) is 2.76. The van der Waals surface area contributed by atoms with Gasteiger partial charge in [0.1, 0.15) is 0 Å². The lowest BCUT2D eigenvalue weighted by atomic mass is 9.90. The number of fused-ring (bicyclic) bond motifs is 1. The smallest absolute Gasteiger partial charge is 0.295 e. The summed E-state index contributed by atoms with van der Waals surface area (Å²) in [6.07, 6.45) is 0. The van der Waals surface area contributed by atoms with Crippen LogP contribution in [0.1, 0.15) is 31.7 Å². The summed E-state index contributed by atoms with van der Waals surface area (Å²) < 4.78 is 3.33. The molecule has 0 amide bonds. The van der Waals surface area contributed by atoms with E-state index in [1.54, 1.807) is 23.2 Å². The number of imidazole rings is 1. The first kappa shape index (κ1) is 14.2. The van der Waals surface area contributed by atoms with Gasteiger partial charge in [-0.15, -0.1) is 11.6 Å². The quantitative estimate of drug-likeness (QED) is 0.791. The predicted octanol–water partition coefficient (Wildman–Crippen LogP) is 3.45. The van der Waals surface area contributed by atoms with Gasteiger partial charge in [-0.3, -0.25) is 9.13 Å². The molecule has 3 nitrogen and oxygen atoms in total. The van der Waals surface area contributed by atoms with E-state index < -0.39 is 0 Å². The van der Waals surface area contributed by atoms with Crippen LogP contribution in [0.5, 0.6) is 0 Å². The summed E-state index contributed by atoms with van der Waals surface area (Å²) in [7, 11) is 3.59. The molecular weight excluding hydrogens is 260 g/mol. The van der Waals surface area contributed by atoms with Crippen LogP contribution in [0.4, 0.5) is 0 Å². The molecule has 2 aromatic rings. The number of nitrogens with zero attached hydrogens (tertiary/aromatic N) is 2. The second-order valence-electron chi connectivity index (χ2n) is 5.65. The fourth-order valence-electron chi connectivity index (χ4n) is 2.34. The highest BCUT2D eigenvalue weighted by molar-refractivity contribution is 6.21. The highest BCUT2D eigenvalue weighted by Gasteiger charge is 2.20. The summed E-state index contributed by atoms with van der Waals surface area (Å²) in [6.45, 7) is 6.52. The Morgan fingerprint density at radius 2 is 1.63 bits per heavy atom. The predicted molar refractivity (Wildman–Crippen MR) is 80.8 cm³/mol. The van der Waals surface area contributed by atoms with Crippen LogP contribution in [0.25, 0.3) is 11.0 Å². The minimum atomic E-state index is -0.0280. The molecule has 0 spiro atoms. The van der Waals surface area contributed by atoms with Gasteiger partial charge in [0.15, 0.2) is 0 Å². The molecule has 0 radical (unpaired) electrons. The maximum atomic E-state index is 11.9. The average molecular weight is 281 g/mol. The Morgan fingerprint density at radius 3 is 2.21 bits per heavy atom. The second-order valence-corrected chi connectivity index (χ2v) is 6.12. The highest BCUT2D eigenvalue weighted by atomic mass is 35.5. The average Bonchev–Trinajstić information content (AvgIpc) is 2.61. The lowest BCUT2D eigenvalue weighted by Crippen LogP contribution is -2.19. The van der Waals surface area contributed by atoms with Crippen molar-refractivity contribution in [1.29, 1.82) is 0 Å². The molecule has 1 aromatic carbocycles. The number of halogens is 1. The van der Waals surface area contributed by atoms with E-state index in [0.717, 1.165) is 16.6 Å². The van der Waals surface area contributed by atoms with Crippen molar-refractivity contribution < 1.29 is 0 Å². The summed E-state index contributed by atoms with van der Waals surface area (Å²) in [4.78, 5) is 11.9. The van der Waals surface area contributed by atoms with Crippen molar-refractivity contribution in [3.63, 3.8) is 0 Å². The van der Waals surface area contributed by atoms with Crippen molar-refractivity contribution in [3.8, 4) is 0 Å². The Morgan fingerprint density at radius 1 is 1.05 bits per heavy atom. The molecule has 2 rings (SSSR count). The molecule has 1 aromatic heterocycles. The largest absolute Gasteiger partial charge is 0.328 e. The van der Waals surface area contributed by atoms with E-state index in [1.165, 1.54) is 0 Å². The summed E-state index contributed by atoms with van der Waals surface area (Å²) in [5, 5.41) is -0.0280. The SMILES string of the molecule is CC(C)C(C)C(Cl)c1ccc2c(c1)n(C)c(=O)n2C. The Hall–Kier alpha value is -1.22. The van der Waals surface area contributed by atoms with Gasteiger partial charge < -0.3 is 0 Å². The maximum Gasteiger partial charge on any atom is 0.328 e. The first-order valence-corrected chi connectivity index (χ1v) is 7.07. The molecule has 0 aliphatic carbocycles. The zero-order valence-corrected chi connectivity index (χ0v) is 12.9. The highest BCUT2D eigenvalue weighted by Crippen LogP contribution is 2.34. The molecule has 0 aliphatic heterocycles. The number of hydrogen-bond donors (Lipinski definition) is 0. The third-order valence-electron chi connectivity index (χ3n) is 4.13. The van der Waals surface area contributed by atoms with Crippen LogP contribution >= 0.6 is 11.6 Å². The van der Waals surface area contributed by atoms with Crippen LogP contribution in [0, 0.1) is 11.8 Å². The zero-order valence-electron chi connectivity index (χ0n) is 12.1. The summed E-state index contributed by atoms with van der Waals surface area (Å²) in [6, 6.07) is 6.04. The molecule has 104 valence electrons. The van der Waals surface area contributed by atoms with Crippen molar-refractivity contribution in [2.24, 2.45) is 25.9 Å². The summed E-state index contributed by atoms with van der Waals surface area (Å²) in [5.74, 6) is 0.914. The lowest BCUT2D eigenvalue weighted by molar-refractivity contribution is 0.406. The van der Waals surface area contributed by atoms with Gasteiger partial charge in [-0.1, -0.05) is 26.8 Å². The minimum Gasteiger partial charge on any atom is -0.295 e. The van der Waals surface area contributed by atoms with Gasteiger partial charge in [0, 0.05) is 14.1 Å². The third kappa shape index (κ3) is 2.32. The Labute approximate surface area is 118 Å². The monoisotopic (exact) mass is 280 g/mol. The molecule has 0 fully saturated rings. The molecular formula is C15H21ClN2O. The fraction of sp³-hybridized carbons (Fsp3) is 0.533. The Bertz CT molecular complexity index is 654. The van der Waals surface area contributed by atoms with Gasteiger partial charge in [0.05, 0.1) is 16.4 Å². The molecule has 2 unspecified atom stereocenters. The third-order valence-corrected chi connectivity index (χ3v) is 4.78. The lowest BCUT2D eigenvalue weighted by Gasteiger charge is -2.22. The molecule has 0 saturated heterocycles. The van der Waals surface area contributed by atoms with Gasteiger partial charge in [0.2, 0.25) is 0 Å². The number of aromatic nitrogens is 2. The van der Waals surface area contributed by atoms with E-state index in [2.05, 4.69) is 20.8 Å². The van der Waals surface area contributed by atoms with Crippen molar-refractivity contribution in [3.05, 3.63) is 34.2 Å². The van der Waals surface area contributed by atoms with Gasteiger partial charge in [-0.05, 0) is 29.5 Å². The van der Waals surface area contributed by atoms with Gasteiger partial charge in [-0.2, -0.15) is 0 Å². The summed E-state index contributed by atoms with van der Waals surface area (Å²) in [5.41, 5.74) is 2.95. The van der Waals surface area contributed by atoms with Gasteiger partial charge in [0.25, 0.3) is 0 Å². The normalized spacial score (nSPS) is 15.1. The van der Waals surface area contributed by atoms with E-state index in [9.17, 15) is 4.79 Å². The molecule has 0 aliphatic rings. The van der Waals surface area contributed by atoms with E-state index in [1.807, 2.05) is 18.2 Å². The number of alkyl halides is 1. The van der Waals surface area contributed by atoms with Crippen LogP contribution in [-0.4, -0.2) is 9.13 Å². The molecule has 19 heavy (non-hydrogen) atoms. The van der Waals surface area contributed by atoms with Gasteiger partial charge >= 0.3 is 5.69 Å². The van der Waals surface area contributed by atoms with Crippen molar-refractivity contribution in [2.75, 3.05) is 0 Å². The van der Waals surface area contributed by atoms with E-state index >= 15 is 0 Å². The van der Waals surface area contributed by atoms with Crippen molar-refractivity contribution in [1.82, 2.24) is 9.13 Å². The molecule has 1 heterocycles. The minimum absolute atomic E-state index is 0.00446. The van der Waals surface area contributed by atoms with Gasteiger partial charge in [-0.25, -0.2) is 4.79 Å². The van der Waals surface area contributed by atoms with E-state index in [-0.39, 0.29) is 11.1 Å². The van der Waals surface area contributed by atoms with Crippen molar-refractivity contribution >= 4 is 22.6 Å². The van der Waals surface area contributed by atoms with Crippen LogP contribution in [-0.2, 0) is 14.1 Å². The van der Waals surface area contributed by atoms with Crippen molar-refractivity contribution in [2.45, 2.75) is 26.1 Å². The molecule has 0 N–H and O–H groups in total.